The molecule has 0 aromatic heterocycles. The maximum absolute atomic E-state index is 11.4. The molecular formula is C14H19N3O4. The maximum Gasteiger partial charge on any atom is 0.342 e. The smallest absolute Gasteiger partial charge is 0.342 e. The Hall–Kier alpha value is -2.15. The molecule has 1 aromatic rings. The van der Waals surface area contributed by atoms with Gasteiger partial charge in [-0.1, -0.05) is 6.07 Å². The van der Waals surface area contributed by atoms with Crippen molar-refractivity contribution in [3.8, 4) is 0 Å². The molecule has 7 nitrogen and oxygen atoms in total. The Labute approximate surface area is 122 Å². The Morgan fingerprint density at radius 3 is 2.67 bits per heavy atom. The fourth-order valence-electron chi connectivity index (χ4n) is 2.87. The van der Waals surface area contributed by atoms with Gasteiger partial charge in [-0.15, -0.1) is 0 Å². The summed E-state index contributed by atoms with van der Waals surface area (Å²) in [6.45, 7) is 4.27. The van der Waals surface area contributed by atoms with Crippen molar-refractivity contribution < 1.29 is 14.8 Å². The van der Waals surface area contributed by atoms with Gasteiger partial charge in [0.05, 0.1) is 4.92 Å². The summed E-state index contributed by atoms with van der Waals surface area (Å²) in [6, 6.07) is 4.67. The van der Waals surface area contributed by atoms with Gasteiger partial charge < -0.3 is 15.3 Å². The lowest BCUT2D eigenvalue weighted by atomic mass is 10.0. The summed E-state index contributed by atoms with van der Waals surface area (Å²) in [4.78, 5) is 23.9. The number of piperidine rings is 1. The summed E-state index contributed by atoms with van der Waals surface area (Å²) < 4.78 is 0. The molecule has 0 unspecified atom stereocenters. The predicted molar refractivity (Wildman–Crippen MR) is 79.0 cm³/mol. The number of benzene rings is 1. The number of rotatable bonds is 5. The van der Waals surface area contributed by atoms with Crippen LogP contribution < -0.4 is 10.2 Å². The van der Waals surface area contributed by atoms with Gasteiger partial charge in [-0.05, 0) is 45.0 Å². The van der Waals surface area contributed by atoms with Crippen LogP contribution in [0.2, 0.25) is 0 Å². The zero-order chi connectivity index (χ0) is 15.4. The SMILES string of the molecule is CCN(c1cccc(C(=O)O)c1[N+](=O)[O-])C1CCNCC1. The van der Waals surface area contributed by atoms with Crippen molar-refractivity contribution in [2.45, 2.75) is 25.8 Å². The molecule has 1 heterocycles. The van der Waals surface area contributed by atoms with E-state index in [2.05, 4.69) is 5.32 Å². The van der Waals surface area contributed by atoms with Crippen molar-refractivity contribution in [2.24, 2.45) is 0 Å². The van der Waals surface area contributed by atoms with Crippen molar-refractivity contribution in [1.82, 2.24) is 5.32 Å². The van der Waals surface area contributed by atoms with Crippen LogP contribution in [-0.4, -0.2) is 41.7 Å². The zero-order valence-electron chi connectivity index (χ0n) is 11.9. The first-order chi connectivity index (χ1) is 10.1. The number of nitro groups is 1. The Kier molecular flexibility index (Phi) is 4.74. The Bertz CT molecular complexity index is 541. The standard InChI is InChI=1S/C14H19N3O4/c1-2-16(10-6-8-15-9-7-10)12-5-3-4-11(14(18)19)13(12)17(20)21/h3-5,10,15H,2,6-9H2,1H3,(H,18,19). The summed E-state index contributed by atoms with van der Waals surface area (Å²) in [5.74, 6) is -1.27. The van der Waals surface area contributed by atoms with Crippen molar-refractivity contribution >= 4 is 17.3 Å². The fourth-order valence-corrected chi connectivity index (χ4v) is 2.87. The molecule has 0 bridgehead atoms. The molecule has 0 radical (unpaired) electrons. The van der Waals surface area contributed by atoms with Crippen molar-refractivity contribution in [1.29, 1.82) is 0 Å². The number of nitro benzene ring substituents is 1. The van der Waals surface area contributed by atoms with E-state index in [0.717, 1.165) is 25.9 Å². The average Bonchev–Trinajstić information content (AvgIpc) is 2.48. The van der Waals surface area contributed by atoms with Gasteiger partial charge in [-0.2, -0.15) is 0 Å². The number of carboxylic acid groups (broad SMARTS) is 1. The van der Waals surface area contributed by atoms with E-state index in [9.17, 15) is 20.0 Å². The third kappa shape index (κ3) is 3.13. The molecule has 0 spiro atoms. The zero-order valence-corrected chi connectivity index (χ0v) is 11.9. The van der Waals surface area contributed by atoms with Gasteiger partial charge in [-0.25, -0.2) is 4.79 Å². The molecule has 0 aliphatic carbocycles. The molecule has 0 atom stereocenters. The van der Waals surface area contributed by atoms with Gasteiger partial charge in [0.2, 0.25) is 0 Å². The van der Waals surface area contributed by atoms with Gasteiger partial charge >= 0.3 is 11.7 Å². The second-order valence-electron chi connectivity index (χ2n) is 5.00. The first kappa shape index (κ1) is 15.2. The second-order valence-corrected chi connectivity index (χ2v) is 5.00. The highest BCUT2D eigenvalue weighted by atomic mass is 16.6. The summed E-state index contributed by atoms with van der Waals surface area (Å²) in [7, 11) is 0. The largest absolute Gasteiger partial charge is 0.477 e. The molecule has 1 aromatic carbocycles. The minimum Gasteiger partial charge on any atom is -0.477 e. The van der Waals surface area contributed by atoms with Crippen LogP contribution in [0.3, 0.4) is 0 Å². The lowest BCUT2D eigenvalue weighted by Gasteiger charge is -2.35. The highest BCUT2D eigenvalue weighted by molar-refractivity contribution is 5.95. The van der Waals surface area contributed by atoms with E-state index in [1.165, 1.54) is 6.07 Å². The molecule has 1 aliphatic heterocycles. The van der Waals surface area contributed by atoms with E-state index in [-0.39, 0.29) is 17.3 Å². The number of para-hydroxylation sites is 1. The van der Waals surface area contributed by atoms with Crippen molar-refractivity contribution in [3.05, 3.63) is 33.9 Å². The molecule has 1 fully saturated rings. The van der Waals surface area contributed by atoms with Crippen LogP contribution in [0.25, 0.3) is 0 Å². The van der Waals surface area contributed by atoms with E-state index >= 15 is 0 Å². The number of anilines is 1. The normalized spacial score (nSPS) is 15.7. The molecule has 0 amide bonds. The van der Waals surface area contributed by atoms with E-state index < -0.39 is 10.9 Å². The minimum atomic E-state index is -1.27. The van der Waals surface area contributed by atoms with Crippen LogP contribution in [0, 0.1) is 10.1 Å². The summed E-state index contributed by atoms with van der Waals surface area (Å²) in [6.07, 6.45) is 1.78. The van der Waals surface area contributed by atoms with E-state index in [4.69, 9.17) is 0 Å². The number of nitrogens with zero attached hydrogens (tertiary/aromatic N) is 2. The molecule has 2 rings (SSSR count). The summed E-state index contributed by atoms with van der Waals surface area (Å²) in [5, 5.41) is 23.8. The van der Waals surface area contributed by atoms with Crippen LogP contribution in [0.5, 0.6) is 0 Å². The summed E-state index contributed by atoms with van der Waals surface area (Å²) in [5.41, 5.74) is -0.176. The fraction of sp³-hybridized carbons (Fsp3) is 0.500. The van der Waals surface area contributed by atoms with Crippen molar-refractivity contribution in [3.63, 3.8) is 0 Å². The molecule has 1 saturated heterocycles. The Morgan fingerprint density at radius 1 is 1.48 bits per heavy atom. The summed E-state index contributed by atoms with van der Waals surface area (Å²) >= 11 is 0. The van der Waals surface area contributed by atoms with Crippen LogP contribution in [0.4, 0.5) is 11.4 Å². The monoisotopic (exact) mass is 293 g/mol. The molecule has 0 saturated carbocycles. The lowest BCUT2D eigenvalue weighted by Crippen LogP contribution is -2.43. The molecular weight excluding hydrogens is 274 g/mol. The van der Waals surface area contributed by atoms with Gasteiger partial charge in [0.15, 0.2) is 0 Å². The number of carbonyl (C=O) groups is 1. The van der Waals surface area contributed by atoms with Gasteiger partial charge in [-0.3, -0.25) is 10.1 Å². The highest BCUT2D eigenvalue weighted by Gasteiger charge is 2.30. The number of hydrogen-bond donors (Lipinski definition) is 2. The predicted octanol–water partition coefficient (Wildman–Crippen LogP) is 1.87. The number of carboxylic acids is 1. The molecule has 2 N–H and O–H groups in total. The van der Waals surface area contributed by atoms with E-state index in [0.29, 0.717) is 12.2 Å². The molecule has 114 valence electrons. The average molecular weight is 293 g/mol. The third-order valence-electron chi connectivity index (χ3n) is 3.83. The van der Waals surface area contributed by atoms with Crippen LogP contribution in [0.1, 0.15) is 30.1 Å². The van der Waals surface area contributed by atoms with Gasteiger partial charge in [0.25, 0.3) is 0 Å². The molecule has 7 heteroatoms. The maximum atomic E-state index is 11.4. The Morgan fingerprint density at radius 2 is 2.14 bits per heavy atom. The van der Waals surface area contributed by atoms with Crippen molar-refractivity contribution in [2.75, 3.05) is 24.5 Å². The minimum absolute atomic E-state index is 0.194. The lowest BCUT2D eigenvalue weighted by molar-refractivity contribution is -0.384. The van der Waals surface area contributed by atoms with Crippen LogP contribution in [-0.2, 0) is 0 Å². The van der Waals surface area contributed by atoms with Crippen LogP contribution >= 0.6 is 0 Å². The third-order valence-corrected chi connectivity index (χ3v) is 3.83. The number of hydrogen-bond acceptors (Lipinski definition) is 5. The highest BCUT2D eigenvalue weighted by Crippen LogP contribution is 2.34. The molecule has 21 heavy (non-hydrogen) atoms. The Balaban J connectivity index is 2.47. The first-order valence-electron chi connectivity index (χ1n) is 7.04. The van der Waals surface area contributed by atoms with E-state index in [1.807, 2.05) is 11.8 Å². The van der Waals surface area contributed by atoms with Gasteiger partial charge in [0, 0.05) is 12.6 Å². The second kappa shape index (κ2) is 6.53. The molecule has 1 aliphatic rings. The number of nitrogens with one attached hydrogen (secondary N) is 1. The first-order valence-corrected chi connectivity index (χ1v) is 7.04. The topological polar surface area (TPSA) is 95.7 Å². The quantitative estimate of drug-likeness (QED) is 0.635. The number of aromatic carboxylic acids is 1. The van der Waals surface area contributed by atoms with E-state index in [1.54, 1.807) is 12.1 Å². The van der Waals surface area contributed by atoms with Crippen LogP contribution in [0.15, 0.2) is 18.2 Å². The van der Waals surface area contributed by atoms with Gasteiger partial charge in [0.1, 0.15) is 11.3 Å².